The molecule has 0 spiro atoms. The first-order chi connectivity index (χ1) is 13.1. The maximum absolute atomic E-state index is 12.6. The third-order valence-corrected chi connectivity index (χ3v) is 4.82. The Morgan fingerprint density at radius 1 is 1.07 bits per heavy atom. The van der Waals surface area contributed by atoms with E-state index in [-0.39, 0.29) is 24.3 Å². The number of hydrogen-bond acceptors (Lipinski definition) is 4. The Morgan fingerprint density at radius 2 is 1.81 bits per heavy atom. The largest absolute Gasteiger partial charge is 0.463 e. The van der Waals surface area contributed by atoms with Crippen molar-refractivity contribution in [3.8, 4) is 0 Å². The minimum atomic E-state index is -0.484. The van der Waals surface area contributed by atoms with Crippen LogP contribution in [0.25, 0.3) is 0 Å². The first-order valence-corrected chi connectivity index (χ1v) is 9.20. The molecule has 3 rings (SSSR count). The fourth-order valence-corrected chi connectivity index (χ4v) is 3.16. The zero-order valence-electron chi connectivity index (χ0n) is 15.4. The smallest absolute Gasteiger partial charge is 0.313 e. The lowest BCUT2D eigenvalue weighted by molar-refractivity contribution is -0.146. The maximum atomic E-state index is 12.6. The second-order valence-corrected chi connectivity index (χ2v) is 6.69. The van der Waals surface area contributed by atoms with Crippen molar-refractivity contribution in [1.29, 1.82) is 0 Å². The molecule has 0 bridgehead atoms. The topological polar surface area (TPSA) is 63.7 Å². The third-order valence-electron chi connectivity index (χ3n) is 4.82. The van der Waals surface area contributed by atoms with Crippen molar-refractivity contribution in [1.82, 2.24) is 4.90 Å². The van der Waals surface area contributed by atoms with E-state index in [0.717, 1.165) is 18.5 Å². The van der Waals surface area contributed by atoms with Crippen LogP contribution in [-0.2, 0) is 14.3 Å². The number of carbonyl (C=O) groups excluding carboxylic acids is 3. The molecule has 0 N–H and O–H groups in total. The van der Waals surface area contributed by atoms with Gasteiger partial charge in [0.1, 0.15) is 6.61 Å². The molecule has 0 radical (unpaired) electrons. The molecule has 27 heavy (non-hydrogen) atoms. The zero-order chi connectivity index (χ0) is 19.2. The van der Waals surface area contributed by atoms with E-state index in [4.69, 9.17) is 4.74 Å². The molecule has 140 valence electrons. The molecule has 1 heterocycles. The fraction of sp³-hybridized carbons (Fsp3) is 0.318. The van der Waals surface area contributed by atoms with Crippen LogP contribution in [0.2, 0.25) is 0 Å². The van der Waals surface area contributed by atoms with Crippen LogP contribution in [-0.4, -0.2) is 42.3 Å². The van der Waals surface area contributed by atoms with E-state index >= 15 is 0 Å². The minimum Gasteiger partial charge on any atom is -0.463 e. The zero-order valence-corrected chi connectivity index (χ0v) is 15.4. The molecule has 5 heteroatoms. The molecule has 0 saturated carbocycles. The minimum absolute atomic E-state index is 0.0782. The average molecular weight is 365 g/mol. The highest BCUT2D eigenvalue weighted by atomic mass is 16.5. The van der Waals surface area contributed by atoms with Gasteiger partial charge < -0.3 is 9.64 Å². The number of nitrogens with zero attached hydrogens (tertiary/aromatic N) is 1. The van der Waals surface area contributed by atoms with Crippen molar-refractivity contribution in [2.24, 2.45) is 0 Å². The highest BCUT2D eigenvalue weighted by molar-refractivity contribution is 6.09. The van der Waals surface area contributed by atoms with Gasteiger partial charge in [0.2, 0.25) is 5.91 Å². The average Bonchev–Trinajstić information content (AvgIpc) is 3.12. The number of ketones is 1. The van der Waals surface area contributed by atoms with Gasteiger partial charge in [-0.2, -0.15) is 0 Å². The van der Waals surface area contributed by atoms with E-state index in [0.29, 0.717) is 24.1 Å². The summed E-state index contributed by atoms with van der Waals surface area (Å²) in [5.74, 6) is -0.800. The van der Waals surface area contributed by atoms with Gasteiger partial charge in [-0.25, -0.2) is 0 Å². The van der Waals surface area contributed by atoms with Gasteiger partial charge in [0.15, 0.2) is 5.78 Å². The predicted octanol–water partition coefficient (Wildman–Crippen LogP) is 3.19. The van der Waals surface area contributed by atoms with Crippen molar-refractivity contribution in [3.63, 3.8) is 0 Å². The summed E-state index contributed by atoms with van der Waals surface area (Å²) in [5, 5.41) is 0. The van der Waals surface area contributed by atoms with Gasteiger partial charge >= 0.3 is 5.97 Å². The lowest BCUT2D eigenvalue weighted by atomic mass is 9.96. The first-order valence-electron chi connectivity index (χ1n) is 9.20. The Hall–Kier alpha value is -2.95. The van der Waals surface area contributed by atoms with Gasteiger partial charge in [-0.3, -0.25) is 14.4 Å². The van der Waals surface area contributed by atoms with E-state index in [2.05, 4.69) is 0 Å². The molecule has 1 atom stereocenters. The van der Waals surface area contributed by atoms with Gasteiger partial charge in [0.25, 0.3) is 0 Å². The Bertz CT molecular complexity index is 831. The number of esters is 1. The Labute approximate surface area is 158 Å². The number of amides is 1. The molecular weight excluding hydrogens is 342 g/mol. The summed E-state index contributed by atoms with van der Waals surface area (Å²) < 4.78 is 5.34. The van der Waals surface area contributed by atoms with Gasteiger partial charge in [-0.15, -0.1) is 0 Å². The number of carbonyl (C=O) groups is 3. The summed E-state index contributed by atoms with van der Waals surface area (Å²) in [4.78, 5) is 38.2. The summed E-state index contributed by atoms with van der Waals surface area (Å²) in [5.41, 5.74) is 1.89. The SMILES string of the molecule is CC(C(=O)OCCN1CCCC1=O)c1cccc(C(=O)c2ccccc2)c1. The van der Waals surface area contributed by atoms with Crippen LogP contribution in [0.3, 0.4) is 0 Å². The molecule has 0 aliphatic carbocycles. The Balaban J connectivity index is 1.61. The number of hydrogen-bond donors (Lipinski definition) is 0. The Kier molecular flexibility index (Phi) is 6.01. The molecule has 5 nitrogen and oxygen atoms in total. The second kappa shape index (κ2) is 8.62. The van der Waals surface area contributed by atoms with Gasteiger partial charge in [-0.1, -0.05) is 48.5 Å². The third kappa shape index (κ3) is 4.61. The maximum Gasteiger partial charge on any atom is 0.313 e. The van der Waals surface area contributed by atoms with E-state index in [1.165, 1.54) is 0 Å². The molecule has 0 aromatic heterocycles. The fourth-order valence-electron chi connectivity index (χ4n) is 3.16. The Morgan fingerprint density at radius 3 is 2.52 bits per heavy atom. The number of rotatable bonds is 7. The van der Waals surface area contributed by atoms with E-state index in [9.17, 15) is 14.4 Å². The van der Waals surface area contributed by atoms with Gasteiger partial charge in [-0.05, 0) is 25.0 Å². The van der Waals surface area contributed by atoms with Crippen LogP contribution < -0.4 is 0 Å². The molecule has 1 aliphatic heterocycles. The van der Waals surface area contributed by atoms with Crippen molar-refractivity contribution < 1.29 is 19.1 Å². The lowest BCUT2D eigenvalue weighted by Gasteiger charge is -2.17. The molecule has 1 unspecified atom stereocenters. The van der Waals surface area contributed by atoms with Crippen LogP contribution in [0.15, 0.2) is 54.6 Å². The van der Waals surface area contributed by atoms with Gasteiger partial charge in [0.05, 0.1) is 12.5 Å². The monoisotopic (exact) mass is 365 g/mol. The van der Waals surface area contributed by atoms with Crippen LogP contribution in [0, 0.1) is 0 Å². The van der Waals surface area contributed by atoms with E-state index in [1.807, 2.05) is 24.3 Å². The summed E-state index contributed by atoms with van der Waals surface area (Å²) in [6.07, 6.45) is 1.44. The van der Waals surface area contributed by atoms with E-state index in [1.54, 1.807) is 42.2 Å². The normalized spacial score (nSPS) is 14.9. The van der Waals surface area contributed by atoms with Gasteiger partial charge in [0, 0.05) is 24.1 Å². The molecule has 1 fully saturated rings. The number of likely N-dealkylation sites (tertiary alicyclic amines) is 1. The van der Waals surface area contributed by atoms with Crippen molar-refractivity contribution in [3.05, 3.63) is 71.3 Å². The second-order valence-electron chi connectivity index (χ2n) is 6.69. The first kappa shape index (κ1) is 18.8. The predicted molar refractivity (Wildman–Crippen MR) is 102 cm³/mol. The lowest BCUT2D eigenvalue weighted by Crippen LogP contribution is -2.29. The highest BCUT2D eigenvalue weighted by Gasteiger charge is 2.22. The number of benzene rings is 2. The van der Waals surface area contributed by atoms with Crippen LogP contribution >= 0.6 is 0 Å². The molecule has 2 aromatic carbocycles. The quantitative estimate of drug-likeness (QED) is 0.558. The molecule has 1 aliphatic rings. The molecule has 1 saturated heterocycles. The summed E-state index contributed by atoms with van der Waals surface area (Å²) in [6.45, 7) is 3.12. The van der Waals surface area contributed by atoms with Crippen LogP contribution in [0.1, 0.15) is 47.2 Å². The standard InChI is InChI=1S/C22H23NO4/c1-16(22(26)27-14-13-23-12-6-11-20(23)24)18-9-5-10-19(15-18)21(25)17-7-3-2-4-8-17/h2-5,7-10,15-16H,6,11-14H2,1H3. The molecular formula is C22H23NO4. The summed E-state index contributed by atoms with van der Waals surface area (Å²) in [6, 6.07) is 16.1. The van der Waals surface area contributed by atoms with Crippen molar-refractivity contribution in [2.45, 2.75) is 25.7 Å². The van der Waals surface area contributed by atoms with Crippen LogP contribution in [0.5, 0.6) is 0 Å². The highest BCUT2D eigenvalue weighted by Crippen LogP contribution is 2.20. The molecule has 2 aromatic rings. The number of ether oxygens (including phenoxy) is 1. The van der Waals surface area contributed by atoms with Crippen molar-refractivity contribution >= 4 is 17.7 Å². The summed E-state index contributed by atoms with van der Waals surface area (Å²) in [7, 11) is 0. The summed E-state index contributed by atoms with van der Waals surface area (Å²) >= 11 is 0. The van der Waals surface area contributed by atoms with E-state index < -0.39 is 5.92 Å². The van der Waals surface area contributed by atoms with Crippen LogP contribution in [0.4, 0.5) is 0 Å². The molecule has 1 amide bonds. The van der Waals surface area contributed by atoms with Crippen molar-refractivity contribution in [2.75, 3.05) is 19.7 Å².